The Bertz CT molecular complexity index is 940. The maximum absolute atomic E-state index is 13.0. The maximum Gasteiger partial charge on any atom is 0.243 e. The fraction of sp³-hybridized carbons (Fsp3) is 0.680. The van der Waals surface area contributed by atoms with E-state index in [0.717, 1.165) is 13.1 Å². The van der Waals surface area contributed by atoms with Crippen LogP contribution in [0.3, 0.4) is 0 Å². The Labute approximate surface area is 199 Å². The lowest BCUT2D eigenvalue weighted by atomic mass is 9.88. The molecule has 1 aromatic carbocycles. The van der Waals surface area contributed by atoms with E-state index < -0.39 is 10.0 Å². The molecule has 2 saturated heterocycles. The number of nitrogens with zero attached hydrogens (tertiary/aromatic N) is 2. The molecule has 2 aliphatic rings. The van der Waals surface area contributed by atoms with Gasteiger partial charge in [-0.05, 0) is 64.0 Å². The molecule has 184 valence electrons. The van der Waals surface area contributed by atoms with Crippen molar-refractivity contribution in [3.05, 3.63) is 29.8 Å². The monoisotopic (exact) mass is 477 g/mol. The Hall–Kier alpha value is -1.77. The molecule has 7 nitrogen and oxygen atoms in total. The normalized spacial score (nSPS) is 23.9. The van der Waals surface area contributed by atoms with Crippen molar-refractivity contribution in [1.82, 2.24) is 14.5 Å². The van der Waals surface area contributed by atoms with Crippen LogP contribution < -0.4 is 5.32 Å². The van der Waals surface area contributed by atoms with E-state index in [0.29, 0.717) is 49.9 Å². The maximum atomic E-state index is 13.0. The number of carbonyl (C=O) groups excluding carboxylic acids is 2. The molecule has 0 saturated carbocycles. The van der Waals surface area contributed by atoms with Crippen molar-refractivity contribution in [2.45, 2.75) is 64.3 Å². The van der Waals surface area contributed by atoms with E-state index in [4.69, 9.17) is 0 Å². The fourth-order valence-corrected chi connectivity index (χ4v) is 6.56. The van der Waals surface area contributed by atoms with Crippen molar-refractivity contribution in [1.29, 1.82) is 0 Å². The Morgan fingerprint density at radius 3 is 2.09 bits per heavy atom. The standard InChI is InChI=1S/C25H39N3O4S/c1-18-14-19(2)16-27(15-18)25(4,5)17-26-24(30)22-10-12-28(13-11-22)33(31,32)23-8-6-21(7-9-23)20(3)29/h6-9,18-19,22H,10-17H2,1-5H3,(H,26,30). The first-order valence-electron chi connectivity index (χ1n) is 12.0. The summed E-state index contributed by atoms with van der Waals surface area (Å²) in [5.41, 5.74) is 0.370. The van der Waals surface area contributed by atoms with Gasteiger partial charge in [0.2, 0.25) is 15.9 Å². The van der Waals surface area contributed by atoms with Crippen LogP contribution in [0.2, 0.25) is 0 Å². The average molecular weight is 478 g/mol. The molecule has 2 unspecified atom stereocenters. The average Bonchev–Trinajstić information content (AvgIpc) is 2.77. The molecular formula is C25H39N3O4S. The molecule has 3 rings (SSSR count). The number of rotatable bonds is 7. The summed E-state index contributed by atoms with van der Waals surface area (Å²) in [6.45, 7) is 13.7. The number of hydrogen-bond acceptors (Lipinski definition) is 5. The van der Waals surface area contributed by atoms with Gasteiger partial charge in [-0.3, -0.25) is 14.5 Å². The summed E-state index contributed by atoms with van der Waals surface area (Å²) in [7, 11) is -3.63. The number of nitrogens with one attached hydrogen (secondary N) is 1. The molecule has 1 amide bonds. The van der Waals surface area contributed by atoms with Gasteiger partial charge in [0.1, 0.15) is 0 Å². The van der Waals surface area contributed by atoms with Gasteiger partial charge in [-0.1, -0.05) is 26.0 Å². The van der Waals surface area contributed by atoms with Gasteiger partial charge in [-0.15, -0.1) is 0 Å². The summed E-state index contributed by atoms with van der Waals surface area (Å²) < 4.78 is 27.4. The Morgan fingerprint density at radius 2 is 1.58 bits per heavy atom. The van der Waals surface area contributed by atoms with E-state index in [9.17, 15) is 18.0 Å². The number of ketones is 1. The largest absolute Gasteiger partial charge is 0.354 e. The highest BCUT2D eigenvalue weighted by atomic mass is 32.2. The van der Waals surface area contributed by atoms with E-state index >= 15 is 0 Å². The van der Waals surface area contributed by atoms with Crippen molar-refractivity contribution in [3.8, 4) is 0 Å². The predicted molar refractivity (Wildman–Crippen MR) is 130 cm³/mol. The van der Waals surface area contributed by atoms with Gasteiger partial charge in [-0.2, -0.15) is 4.31 Å². The van der Waals surface area contributed by atoms with Crippen LogP contribution in [-0.4, -0.2) is 67.6 Å². The van der Waals surface area contributed by atoms with Crippen molar-refractivity contribution in [2.75, 3.05) is 32.7 Å². The molecule has 0 aliphatic carbocycles. The number of hydrogen-bond donors (Lipinski definition) is 1. The quantitative estimate of drug-likeness (QED) is 0.610. The zero-order valence-corrected chi connectivity index (χ0v) is 21.5. The van der Waals surface area contributed by atoms with Crippen LogP contribution in [0.1, 0.15) is 64.2 Å². The molecule has 0 bridgehead atoms. The van der Waals surface area contributed by atoms with Crippen molar-refractivity contribution < 1.29 is 18.0 Å². The van der Waals surface area contributed by atoms with Gasteiger partial charge < -0.3 is 5.32 Å². The van der Waals surface area contributed by atoms with E-state index in [-0.39, 0.29) is 28.0 Å². The SMILES string of the molecule is CC(=O)c1ccc(S(=O)(=O)N2CCC(C(=O)NCC(C)(C)N3CC(C)CC(C)C3)CC2)cc1. The second-order valence-corrected chi connectivity index (χ2v) is 12.6. The second-order valence-electron chi connectivity index (χ2n) is 10.6. The first-order chi connectivity index (χ1) is 15.4. The zero-order valence-electron chi connectivity index (χ0n) is 20.6. The number of Topliss-reactive ketones (excluding diaryl/α,β-unsaturated/α-hetero) is 1. The third kappa shape index (κ3) is 6.22. The van der Waals surface area contributed by atoms with Gasteiger partial charge >= 0.3 is 0 Å². The molecule has 0 aromatic heterocycles. The summed E-state index contributed by atoms with van der Waals surface area (Å²) in [5.74, 6) is 1.07. The van der Waals surface area contributed by atoms with Gasteiger partial charge in [0.15, 0.2) is 5.78 Å². The Balaban J connectivity index is 1.52. The summed E-state index contributed by atoms with van der Waals surface area (Å²) in [5, 5.41) is 3.14. The van der Waals surface area contributed by atoms with E-state index in [1.165, 1.54) is 29.8 Å². The lowest BCUT2D eigenvalue weighted by molar-refractivity contribution is -0.126. The van der Waals surface area contributed by atoms with Crippen LogP contribution in [0.15, 0.2) is 29.2 Å². The lowest BCUT2D eigenvalue weighted by Gasteiger charge is -2.45. The van der Waals surface area contributed by atoms with Crippen molar-refractivity contribution in [3.63, 3.8) is 0 Å². The minimum Gasteiger partial charge on any atom is -0.354 e. The fourth-order valence-electron chi connectivity index (χ4n) is 5.09. The molecule has 33 heavy (non-hydrogen) atoms. The zero-order chi connectivity index (χ0) is 24.4. The molecule has 2 aliphatic heterocycles. The van der Waals surface area contributed by atoms with Crippen LogP contribution in [0, 0.1) is 17.8 Å². The summed E-state index contributed by atoms with van der Waals surface area (Å²) in [6.07, 6.45) is 2.27. The molecule has 1 N–H and O–H groups in total. The topological polar surface area (TPSA) is 86.8 Å². The molecule has 2 atom stereocenters. The Morgan fingerprint density at radius 1 is 1.03 bits per heavy atom. The van der Waals surface area contributed by atoms with Gasteiger partial charge in [0.05, 0.1) is 4.90 Å². The second kappa shape index (κ2) is 10.2. The third-order valence-electron chi connectivity index (χ3n) is 7.14. The highest BCUT2D eigenvalue weighted by molar-refractivity contribution is 7.89. The molecule has 1 aromatic rings. The van der Waals surface area contributed by atoms with E-state index in [1.54, 1.807) is 12.1 Å². The number of sulfonamides is 1. The van der Waals surface area contributed by atoms with Crippen LogP contribution in [0.25, 0.3) is 0 Å². The molecule has 0 spiro atoms. The van der Waals surface area contributed by atoms with Gasteiger partial charge in [0.25, 0.3) is 0 Å². The molecule has 0 radical (unpaired) electrons. The number of carbonyl (C=O) groups is 2. The van der Waals surface area contributed by atoms with Crippen molar-refractivity contribution >= 4 is 21.7 Å². The highest BCUT2D eigenvalue weighted by Crippen LogP contribution is 2.28. The van der Waals surface area contributed by atoms with Gasteiger partial charge in [-0.25, -0.2) is 8.42 Å². The number of likely N-dealkylation sites (tertiary alicyclic amines) is 1. The smallest absolute Gasteiger partial charge is 0.243 e. The molecular weight excluding hydrogens is 438 g/mol. The summed E-state index contributed by atoms with van der Waals surface area (Å²) >= 11 is 0. The van der Waals surface area contributed by atoms with Crippen molar-refractivity contribution in [2.24, 2.45) is 17.8 Å². The molecule has 8 heteroatoms. The number of amides is 1. The lowest BCUT2D eigenvalue weighted by Crippen LogP contribution is -2.56. The minimum atomic E-state index is -3.63. The summed E-state index contributed by atoms with van der Waals surface area (Å²) in [6, 6.07) is 6.05. The van der Waals surface area contributed by atoms with Crippen LogP contribution >= 0.6 is 0 Å². The van der Waals surface area contributed by atoms with Gasteiger partial charge in [0, 0.05) is 49.7 Å². The number of benzene rings is 1. The first kappa shape index (κ1) is 25.8. The third-order valence-corrected chi connectivity index (χ3v) is 9.06. The Kier molecular flexibility index (Phi) is 8.02. The van der Waals surface area contributed by atoms with E-state index in [2.05, 4.69) is 37.9 Å². The van der Waals surface area contributed by atoms with Crippen LogP contribution in [0.5, 0.6) is 0 Å². The minimum absolute atomic E-state index is 0.0176. The first-order valence-corrected chi connectivity index (χ1v) is 13.5. The predicted octanol–water partition coefficient (Wildman–Crippen LogP) is 3.16. The van der Waals surface area contributed by atoms with Crippen LogP contribution in [0.4, 0.5) is 0 Å². The molecule has 2 fully saturated rings. The van der Waals surface area contributed by atoms with E-state index in [1.807, 2.05) is 0 Å². The van der Waals surface area contributed by atoms with Crippen LogP contribution in [-0.2, 0) is 14.8 Å². The highest BCUT2D eigenvalue weighted by Gasteiger charge is 2.35. The molecule has 2 heterocycles. The summed E-state index contributed by atoms with van der Waals surface area (Å²) in [4.78, 5) is 27.0. The number of piperidine rings is 2.